The molecule has 2 aromatic heterocycles. The van der Waals surface area contributed by atoms with E-state index in [1.54, 1.807) is 19.2 Å². The first kappa shape index (κ1) is 36.4. The standard InChI is InChI=1S/C36H43N7O6S/c1-7-43-29-16-15-28(24(3)33(29)41-42-43)32(36(4,5)40-34(45)27-20-37-35(38-21-27)49-18-10-17-48-6)25-14-13-23(2)26(19-25)22-39-50(46,47)31-12-9-8-11-30(31)44/h8-9,11-16,19-21,32,39,44H,7,10,17-18,22H2,1-6H3,(H,40,45)/t32-/m0/s1. The number of nitrogens with one attached hydrogen (secondary N) is 2. The first-order chi connectivity index (χ1) is 23.9. The minimum atomic E-state index is -4.01. The van der Waals surface area contributed by atoms with Gasteiger partial charge in [-0.1, -0.05) is 41.6 Å². The maximum atomic E-state index is 13.7. The third-order valence-corrected chi connectivity index (χ3v) is 10.1. The molecule has 5 rings (SSSR count). The van der Waals surface area contributed by atoms with Gasteiger partial charge in [0.2, 0.25) is 10.0 Å². The molecule has 0 unspecified atom stereocenters. The fourth-order valence-electron chi connectivity index (χ4n) is 6.02. The number of aryl methyl sites for hydroxylation is 3. The number of rotatable bonds is 15. The molecular formula is C36H43N7O6S. The number of benzene rings is 3. The highest BCUT2D eigenvalue weighted by Gasteiger charge is 2.36. The number of phenolic OH excluding ortho intramolecular Hbond substituents is 1. The molecule has 0 radical (unpaired) electrons. The molecule has 13 nitrogen and oxygen atoms in total. The predicted molar refractivity (Wildman–Crippen MR) is 189 cm³/mol. The van der Waals surface area contributed by atoms with Gasteiger partial charge in [-0.05, 0) is 80.6 Å². The molecular weight excluding hydrogens is 659 g/mol. The summed E-state index contributed by atoms with van der Waals surface area (Å²) in [6, 6.07) is 15.9. The summed E-state index contributed by atoms with van der Waals surface area (Å²) < 4.78 is 41.3. The zero-order valence-electron chi connectivity index (χ0n) is 29.1. The summed E-state index contributed by atoms with van der Waals surface area (Å²) in [6.45, 7) is 11.4. The molecule has 0 saturated heterocycles. The molecule has 1 amide bonds. The van der Waals surface area contributed by atoms with Gasteiger partial charge in [0, 0.05) is 57.1 Å². The van der Waals surface area contributed by atoms with E-state index in [2.05, 4.69) is 30.3 Å². The van der Waals surface area contributed by atoms with Crippen molar-refractivity contribution in [3.8, 4) is 11.8 Å². The number of carbonyl (C=O) groups is 1. The lowest BCUT2D eigenvalue weighted by atomic mass is 9.74. The number of amides is 1. The van der Waals surface area contributed by atoms with E-state index in [-0.39, 0.29) is 34.7 Å². The van der Waals surface area contributed by atoms with Gasteiger partial charge < -0.3 is 19.9 Å². The molecule has 3 aromatic carbocycles. The zero-order chi connectivity index (χ0) is 36.1. The third-order valence-electron chi connectivity index (χ3n) is 8.68. The average Bonchev–Trinajstić information content (AvgIpc) is 3.52. The lowest BCUT2D eigenvalue weighted by Crippen LogP contribution is -2.48. The number of aromatic hydroxyl groups is 1. The summed E-state index contributed by atoms with van der Waals surface area (Å²) in [7, 11) is -2.39. The summed E-state index contributed by atoms with van der Waals surface area (Å²) in [5.41, 5.74) is 5.32. The number of methoxy groups -OCH3 is 1. The van der Waals surface area contributed by atoms with Gasteiger partial charge in [0.15, 0.2) is 0 Å². The Morgan fingerprint density at radius 3 is 2.48 bits per heavy atom. The summed E-state index contributed by atoms with van der Waals surface area (Å²) in [4.78, 5) is 21.9. The molecule has 0 aliphatic rings. The van der Waals surface area contributed by atoms with Gasteiger partial charge in [-0.2, -0.15) is 0 Å². The van der Waals surface area contributed by atoms with Crippen molar-refractivity contribution in [2.45, 2.75) is 70.5 Å². The summed E-state index contributed by atoms with van der Waals surface area (Å²) in [6.07, 6.45) is 3.54. The van der Waals surface area contributed by atoms with Gasteiger partial charge >= 0.3 is 6.01 Å². The van der Waals surface area contributed by atoms with E-state index in [1.165, 1.54) is 24.5 Å². The number of aromatic nitrogens is 5. The van der Waals surface area contributed by atoms with Gasteiger partial charge in [-0.15, -0.1) is 5.10 Å². The first-order valence-electron chi connectivity index (χ1n) is 16.3. The molecule has 5 aromatic rings. The van der Waals surface area contributed by atoms with Crippen LogP contribution in [0.25, 0.3) is 11.0 Å². The zero-order valence-corrected chi connectivity index (χ0v) is 29.9. The van der Waals surface area contributed by atoms with E-state index in [4.69, 9.17) is 9.47 Å². The normalized spacial score (nSPS) is 12.6. The number of carbonyl (C=O) groups excluding carboxylic acids is 1. The predicted octanol–water partition coefficient (Wildman–Crippen LogP) is 4.80. The summed E-state index contributed by atoms with van der Waals surface area (Å²) in [5.74, 6) is -1.12. The number of ether oxygens (including phenoxy) is 2. The second kappa shape index (κ2) is 15.3. The number of fused-ring (bicyclic) bond motifs is 1. The molecule has 3 N–H and O–H groups in total. The van der Waals surface area contributed by atoms with Crippen LogP contribution < -0.4 is 14.8 Å². The number of hydrogen-bond donors (Lipinski definition) is 3. The monoisotopic (exact) mass is 701 g/mol. The second-order valence-electron chi connectivity index (χ2n) is 12.6. The highest BCUT2D eigenvalue weighted by molar-refractivity contribution is 7.89. The van der Waals surface area contributed by atoms with Crippen molar-refractivity contribution in [1.29, 1.82) is 0 Å². The van der Waals surface area contributed by atoms with Crippen molar-refractivity contribution in [2.75, 3.05) is 20.3 Å². The lowest BCUT2D eigenvalue weighted by Gasteiger charge is -2.37. The highest BCUT2D eigenvalue weighted by atomic mass is 32.2. The van der Waals surface area contributed by atoms with Crippen molar-refractivity contribution in [3.63, 3.8) is 0 Å². The summed E-state index contributed by atoms with van der Waals surface area (Å²) >= 11 is 0. The van der Waals surface area contributed by atoms with Gasteiger partial charge in [-0.3, -0.25) is 4.79 Å². The number of phenols is 1. The van der Waals surface area contributed by atoms with E-state index < -0.39 is 21.5 Å². The van der Waals surface area contributed by atoms with E-state index in [0.29, 0.717) is 26.2 Å². The van der Waals surface area contributed by atoms with Crippen molar-refractivity contribution >= 4 is 27.0 Å². The van der Waals surface area contributed by atoms with Gasteiger partial charge in [0.25, 0.3) is 5.91 Å². The Morgan fingerprint density at radius 1 is 1.04 bits per heavy atom. The van der Waals surface area contributed by atoms with Crippen molar-refractivity contribution in [2.24, 2.45) is 0 Å². The molecule has 1 atom stereocenters. The highest BCUT2D eigenvalue weighted by Crippen LogP contribution is 2.39. The van der Waals surface area contributed by atoms with Crippen molar-refractivity contribution < 1.29 is 27.8 Å². The Kier molecular flexibility index (Phi) is 11.1. The molecule has 0 saturated carbocycles. The second-order valence-corrected chi connectivity index (χ2v) is 14.3. The quantitative estimate of drug-likeness (QED) is 0.129. The minimum absolute atomic E-state index is 0.0179. The van der Waals surface area contributed by atoms with Crippen LogP contribution in [-0.4, -0.2) is 70.3 Å². The van der Waals surface area contributed by atoms with Crippen molar-refractivity contribution in [3.05, 3.63) is 100 Å². The number of nitrogens with zero attached hydrogens (tertiary/aromatic N) is 5. The average molecular weight is 702 g/mol. The Morgan fingerprint density at radius 2 is 1.78 bits per heavy atom. The Balaban J connectivity index is 1.49. The maximum absolute atomic E-state index is 13.7. The molecule has 50 heavy (non-hydrogen) atoms. The van der Waals surface area contributed by atoms with Crippen LogP contribution in [0, 0.1) is 13.8 Å². The van der Waals surface area contributed by atoms with Crippen LogP contribution in [0.3, 0.4) is 0 Å². The SMILES string of the molecule is CCn1nnc2c(C)c([C@H](c3ccc(C)c(CNS(=O)(=O)c4ccccc4O)c3)C(C)(C)NC(=O)c3cnc(OCCCOC)nc3)ccc21. The summed E-state index contributed by atoms with van der Waals surface area (Å²) in [5, 5.41) is 22.2. The van der Waals surface area contributed by atoms with Crippen LogP contribution >= 0.6 is 0 Å². The van der Waals surface area contributed by atoms with Gasteiger partial charge in [0.05, 0.1) is 17.7 Å². The van der Waals surface area contributed by atoms with Gasteiger partial charge in [-0.25, -0.2) is 27.8 Å². The van der Waals surface area contributed by atoms with Crippen LogP contribution in [0.1, 0.15) is 71.3 Å². The lowest BCUT2D eigenvalue weighted by molar-refractivity contribution is 0.0904. The molecule has 0 fully saturated rings. The Labute approximate surface area is 292 Å². The van der Waals surface area contributed by atoms with Crippen LogP contribution in [-0.2, 0) is 27.8 Å². The molecule has 0 bridgehead atoms. The van der Waals surface area contributed by atoms with E-state index in [0.717, 1.165) is 38.9 Å². The Bertz CT molecular complexity index is 2080. The van der Waals surface area contributed by atoms with E-state index in [1.807, 2.05) is 69.6 Å². The van der Waals surface area contributed by atoms with Crippen LogP contribution in [0.4, 0.5) is 0 Å². The van der Waals surface area contributed by atoms with Crippen molar-refractivity contribution in [1.82, 2.24) is 35.0 Å². The number of sulfonamides is 1. The van der Waals surface area contributed by atoms with E-state index >= 15 is 0 Å². The first-order valence-corrected chi connectivity index (χ1v) is 17.8. The molecule has 264 valence electrons. The van der Waals surface area contributed by atoms with Crippen LogP contribution in [0.5, 0.6) is 11.8 Å². The fourth-order valence-corrected chi connectivity index (χ4v) is 7.12. The number of para-hydroxylation sites is 1. The molecule has 2 heterocycles. The molecule has 0 aliphatic carbocycles. The Hall–Kier alpha value is -4.92. The third kappa shape index (κ3) is 7.93. The maximum Gasteiger partial charge on any atom is 0.316 e. The molecule has 14 heteroatoms. The smallest absolute Gasteiger partial charge is 0.316 e. The minimum Gasteiger partial charge on any atom is -0.507 e. The van der Waals surface area contributed by atoms with Crippen LogP contribution in [0.15, 0.2) is 71.9 Å². The number of hydrogen-bond acceptors (Lipinski definition) is 10. The van der Waals surface area contributed by atoms with E-state index in [9.17, 15) is 18.3 Å². The fraction of sp³-hybridized carbons (Fsp3) is 0.361. The van der Waals surface area contributed by atoms with Gasteiger partial charge in [0.1, 0.15) is 16.2 Å². The van der Waals surface area contributed by atoms with Crippen LogP contribution in [0.2, 0.25) is 0 Å². The molecule has 0 aliphatic heterocycles. The molecule has 0 spiro atoms. The topological polar surface area (TPSA) is 170 Å². The largest absolute Gasteiger partial charge is 0.507 e.